The number of carbonyl (C=O) groups excluding carboxylic acids is 4. The van der Waals surface area contributed by atoms with Gasteiger partial charge in [0, 0.05) is 23.9 Å². The first-order chi connectivity index (χ1) is 18.5. The average molecular weight is 537 g/mol. The molecule has 0 bridgehead atoms. The van der Waals surface area contributed by atoms with Gasteiger partial charge in [0.05, 0.1) is 19.1 Å². The molecule has 0 spiro atoms. The van der Waals surface area contributed by atoms with Gasteiger partial charge in [0.2, 0.25) is 0 Å². The minimum Gasteiger partial charge on any atom is -0.466 e. The third-order valence-corrected chi connectivity index (χ3v) is 7.14. The van der Waals surface area contributed by atoms with Crippen LogP contribution in [0, 0.1) is 17.8 Å². The van der Waals surface area contributed by atoms with Crippen molar-refractivity contribution in [2.45, 2.75) is 58.2 Å². The van der Waals surface area contributed by atoms with Crippen LogP contribution >= 0.6 is 0 Å². The summed E-state index contributed by atoms with van der Waals surface area (Å²) in [5, 5.41) is 5.73. The number of nitrogens with one attached hydrogen (secondary N) is 2. The molecule has 0 aliphatic heterocycles. The van der Waals surface area contributed by atoms with Crippen molar-refractivity contribution in [3.63, 3.8) is 0 Å². The molecule has 2 aromatic carbocycles. The first kappa shape index (κ1) is 28.1. The molecule has 2 N–H and O–H groups in total. The summed E-state index contributed by atoms with van der Waals surface area (Å²) in [6.07, 6.45) is -0.739. The molecule has 5 atom stereocenters. The number of esters is 2. The number of hydrogen-bond donors (Lipinski definition) is 2. The molecule has 9 heteroatoms. The molecule has 0 heterocycles. The summed E-state index contributed by atoms with van der Waals surface area (Å²) in [5.41, 5.74) is 0.0940. The van der Waals surface area contributed by atoms with E-state index in [1.165, 1.54) is 0 Å². The second-order valence-electron chi connectivity index (χ2n) is 10.9. The highest BCUT2D eigenvalue weighted by Crippen LogP contribution is 2.63. The van der Waals surface area contributed by atoms with E-state index in [4.69, 9.17) is 14.2 Å². The van der Waals surface area contributed by atoms with Crippen LogP contribution in [0.5, 0.6) is 0 Å². The van der Waals surface area contributed by atoms with Gasteiger partial charge in [0.1, 0.15) is 11.1 Å². The summed E-state index contributed by atoms with van der Waals surface area (Å²) in [4.78, 5) is 52.3. The van der Waals surface area contributed by atoms with Crippen molar-refractivity contribution in [3.8, 4) is 11.1 Å². The lowest BCUT2D eigenvalue weighted by molar-refractivity contribution is -0.153. The summed E-state index contributed by atoms with van der Waals surface area (Å²) >= 11 is 0. The Balaban J connectivity index is 1.59. The van der Waals surface area contributed by atoms with E-state index >= 15 is 0 Å². The van der Waals surface area contributed by atoms with Gasteiger partial charge in [-0.05, 0) is 63.8 Å². The SMILES string of the molecule is CCOC(=O)[C@H]1C2C(NC(=O)c3ccc(-c4ccccc4)cc3)CC(NC(=O)OC(C)(C)C)(C(=O)OCC)C21. The zero-order valence-electron chi connectivity index (χ0n) is 23.0. The highest BCUT2D eigenvalue weighted by molar-refractivity contribution is 5.96. The van der Waals surface area contributed by atoms with E-state index in [1.807, 2.05) is 42.5 Å². The Labute approximate surface area is 228 Å². The molecule has 0 radical (unpaired) electrons. The molecule has 39 heavy (non-hydrogen) atoms. The highest BCUT2D eigenvalue weighted by Gasteiger charge is 2.76. The van der Waals surface area contributed by atoms with Gasteiger partial charge in [0.15, 0.2) is 0 Å². The standard InChI is InChI=1S/C30H36N2O7/c1-6-37-26(34)23-22-21(31-25(33)20-15-13-19(14-16-20)18-11-9-8-10-12-18)17-30(24(22)23,27(35)38-7-2)32-28(36)39-29(3,4)5/h8-16,21-24H,6-7,17H2,1-5H3,(H,31,33)(H,32,36)/t21?,22?,23-,24?,30?/m0/s1. The molecule has 4 unspecified atom stereocenters. The van der Waals surface area contributed by atoms with E-state index in [0.717, 1.165) is 11.1 Å². The van der Waals surface area contributed by atoms with Gasteiger partial charge in [0.25, 0.3) is 5.91 Å². The van der Waals surface area contributed by atoms with E-state index in [9.17, 15) is 19.2 Å². The maximum Gasteiger partial charge on any atom is 0.408 e. The lowest BCUT2D eigenvalue weighted by atomic mass is 9.88. The van der Waals surface area contributed by atoms with Crippen LogP contribution in [-0.4, -0.2) is 54.3 Å². The predicted molar refractivity (Wildman–Crippen MR) is 144 cm³/mol. The second kappa shape index (κ2) is 11.1. The summed E-state index contributed by atoms with van der Waals surface area (Å²) in [6, 6.07) is 16.4. The number of ether oxygens (including phenoxy) is 3. The maximum absolute atomic E-state index is 13.3. The van der Waals surface area contributed by atoms with Gasteiger partial charge < -0.3 is 24.8 Å². The number of benzene rings is 2. The number of hydrogen-bond acceptors (Lipinski definition) is 7. The van der Waals surface area contributed by atoms with Crippen LogP contribution in [0.25, 0.3) is 11.1 Å². The van der Waals surface area contributed by atoms with Crippen molar-refractivity contribution >= 4 is 23.9 Å². The van der Waals surface area contributed by atoms with Crippen LogP contribution < -0.4 is 10.6 Å². The Morgan fingerprint density at radius 1 is 0.897 bits per heavy atom. The van der Waals surface area contributed by atoms with Crippen LogP contribution in [0.1, 0.15) is 51.4 Å². The molecule has 0 saturated heterocycles. The molecule has 0 aromatic heterocycles. The number of rotatable bonds is 8. The van der Waals surface area contributed by atoms with Crippen molar-refractivity contribution in [1.29, 1.82) is 0 Å². The summed E-state index contributed by atoms with van der Waals surface area (Å²) < 4.78 is 16.1. The Morgan fingerprint density at radius 3 is 2.10 bits per heavy atom. The highest BCUT2D eigenvalue weighted by atomic mass is 16.6. The molecular formula is C30H36N2O7. The van der Waals surface area contributed by atoms with Gasteiger partial charge >= 0.3 is 18.0 Å². The summed E-state index contributed by atoms with van der Waals surface area (Å²) in [6.45, 7) is 8.77. The van der Waals surface area contributed by atoms with Crippen LogP contribution in [0.15, 0.2) is 54.6 Å². The molecule has 2 saturated carbocycles. The number of fused-ring (bicyclic) bond motifs is 1. The van der Waals surface area contributed by atoms with Crippen molar-refractivity contribution < 1.29 is 33.4 Å². The van der Waals surface area contributed by atoms with Crippen LogP contribution in [0.2, 0.25) is 0 Å². The third kappa shape index (κ3) is 5.92. The van der Waals surface area contributed by atoms with Gasteiger partial charge in [-0.15, -0.1) is 0 Å². The summed E-state index contributed by atoms with van der Waals surface area (Å²) in [5.74, 6) is -3.17. The van der Waals surface area contributed by atoms with Gasteiger partial charge in [-0.2, -0.15) is 0 Å². The molecule has 9 nitrogen and oxygen atoms in total. The van der Waals surface area contributed by atoms with Crippen LogP contribution in [0.3, 0.4) is 0 Å². The average Bonchev–Trinajstić information content (AvgIpc) is 3.57. The smallest absolute Gasteiger partial charge is 0.408 e. The molecule has 2 aliphatic rings. The van der Waals surface area contributed by atoms with Crippen molar-refractivity contribution in [2.75, 3.05) is 13.2 Å². The summed E-state index contributed by atoms with van der Waals surface area (Å²) in [7, 11) is 0. The fourth-order valence-electron chi connectivity index (χ4n) is 5.63. The Hall–Kier alpha value is -3.88. The fourth-order valence-corrected chi connectivity index (χ4v) is 5.63. The van der Waals surface area contributed by atoms with Gasteiger partial charge in [-0.25, -0.2) is 9.59 Å². The molecule has 208 valence electrons. The first-order valence-corrected chi connectivity index (χ1v) is 13.3. The molecule has 2 amide bonds. The molecular weight excluding hydrogens is 500 g/mol. The van der Waals surface area contributed by atoms with E-state index in [0.29, 0.717) is 5.56 Å². The molecule has 2 fully saturated rings. The van der Waals surface area contributed by atoms with E-state index in [-0.39, 0.29) is 25.5 Å². The first-order valence-electron chi connectivity index (χ1n) is 13.3. The predicted octanol–water partition coefficient (Wildman–Crippen LogP) is 4.11. The Kier molecular flexibility index (Phi) is 7.99. The number of alkyl carbamates (subject to hydrolysis) is 1. The van der Waals surface area contributed by atoms with Crippen LogP contribution in [0.4, 0.5) is 4.79 Å². The minimum absolute atomic E-state index is 0.0597. The van der Waals surface area contributed by atoms with Gasteiger partial charge in [-0.1, -0.05) is 42.5 Å². The van der Waals surface area contributed by atoms with Crippen molar-refractivity contribution in [1.82, 2.24) is 10.6 Å². The molecule has 4 rings (SSSR count). The van der Waals surface area contributed by atoms with E-state index < -0.39 is 53.0 Å². The minimum atomic E-state index is -1.55. The number of amides is 2. The van der Waals surface area contributed by atoms with E-state index in [1.54, 1.807) is 46.8 Å². The fraction of sp³-hybridized carbons (Fsp3) is 0.467. The second-order valence-corrected chi connectivity index (χ2v) is 10.9. The molecule has 2 aromatic rings. The zero-order chi connectivity index (χ0) is 28.4. The largest absolute Gasteiger partial charge is 0.466 e. The topological polar surface area (TPSA) is 120 Å². The lowest BCUT2D eigenvalue weighted by Gasteiger charge is -2.33. The Morgan fingerprint density at radius 2 is 1.51 bits per heavy atom. The zero-order valence-corrected chi connectivity index (χ0v) is 23.0. The van der Waals surface area contributed by atoms with Crippen LogP contribution in [-0.2, 0) is 23.8 Å². The molecule has 2 aliphatic carbocycles. The van der Waals surface area contributed by atoms with E-state index in [2.05, 4.69) is 10.6 Å². The monoisotopic (exact) mass is 536 g/mol. The third-order valence-electron chi connectivity index (χ3n) is 7.14. The Bertz CT molecular complexity index is 1220. The number of carbonyl (C=O) groups is 4. The van der Waals surface area contributed by atoms with Gasteiger partial charge in [-0.3, -0.25) is 9.59 Å². The maximum atomic E-state index is 13.3. The van der Waals surface area contributed by atoms with Crippen molar-refractivity contribution in [2.24, 2.45) is 17.8 Å². The lowest BCUT2D eigenvalue weighted by Crippen LogP contribution is -2.59. The normalized spacial score (nSPS) is 25.2. The quantitative estimate of drug-likeness (QED) is 0.385. The van der Waals surface area contributed by atoms with Crippen molar-refractivity contribution in [3.05, 3.63) is 60.2 Å².